The standard InChI is InChI=1S/C32H33N3O5S/c1-8-40-31(37)28-20(4)33-32-35(29(28)25-17-24(38-6)13-14-26(25)39-7)30(36)27(41-32)16-22-15-19(3)34(21(22)5)23-11-9-18(2)10-12-23/h9-17,29H,8H2,1-7H3/b27-16+. The highest BCUT2D eigenvalue weighted by molar-refractivity contribution is 7.07. The summed E-state index contributed by atoms with van der Waals surface area (Å²) in [6, 6.07) is 14.9. The van der Waals surface area contributed by atoms with Gasteiger partial charge >= 0.3 is 5.97 Å². The predicted octanol–water partition coefficient (Wildman–Crippen LogP) is 4.53. The number of rotatable bonds is 7. The summed E-state index contributed by atoms with van der Waals surface area (Å²) in [6.45, 7) is 9.86. The molecule has 1 aliphatic rings. The van der Waals surface area contributed by atoms with Gasteiger partial charge < -0.3 is 18.8 Å². The van der Waals surface area contributed by atoms with Crippen molar-refractivity contribution in [3.05, 3.63) is 108 Å². The second kappa shape index (κ2) is 11.2. The van der Waals surface area contributed by atoms with E-state index in [0.29, 0.717) is 32.1 Å². The van der Waals surface area contributed by atoms with Crippen LogP contribution in [-0.2, 0) is 9.53 Å². The first-order chi connectivity index (χ1) is 19.7. The lowest BCUT2D eigenvalue weighted by Gasteiger charge is -2.26. The molecular weight excluding hydrogens is 538 g/mol. The van der Waals surface area contributed by atoms with Crippen LogP contribution in [0.4, 0.5) is 0 Å². The summed E-state index contributed by atoms with van der Waals surface area (Å²) < 4.78 is 20.8. The molecule has 0 saturated carbocycles. The van der Waals surface area contributed by atoms with E-state index >= 15 is 0 Å². The predicted molar refractivity (Wildman–Crippen MR) is 160 cm³/mol. The number of aryl methyl sites for hydroxylation is 2. The Morgan fingerprint density at radius 2 is 1.76 bits per heavy atom. The van der Waals surface area contributed by atoms with Gasteiger partial charge in [-0.15, -0.1) is 0 Å². The smallest absolute Gasteiger partial charge is 0.338 e. The van der Waals surface area contributed by atoms with Gasteiger partial charge in [0.05, 0.1) is 36.6 Å². The van der Waals surface area contributed by atoms with Gasteiger partial charge in [0.1, 0.15) is 17.5 Å². The number of thiazole rings is 1. The molecule has 2 aromatic heterocycles. The summed E-state index contributed by atoms with van der Waals surface area (Å²) in [7, 11) is 3.12. The molecule has 4 aromatic rings. The average Bonchev–Trinajstić information content (AvgIpc) is 3.41. The number of carbonyl (C=O) groups is 1. The number of carbonyl (C=O) groups excluding carboxylic acids is 1. The van der Waals surface area contributed by atoms with Gasteiger partial charge in [-0.25, -0.2) is 9.79 Å². The zero-order valence-corrected chi connectivity index (χ0v) is 25.1. The van der Waals surface area contributed by atoms with Crippen LogP contribution in [-0.4, -0.2) is 35.9 Å². The van der Waals surface area contributed by atoms with Gasteiger partial charge in [0.25, 0.3) is 5.56 Å². The number of hydrogen-bond donors (Lipinski definition) is 0. The zero-order chi connectivity index (χ0) is 29.4. The molecule has 0 bridgehead atoms. The van der Waals surface area contributed by atoms with Crippen LogP contribution >= 0.6 is 11.3 Å². The van der Waals surface area contributed by atoms with Crippen LogP contribution in [0.1, 0.15) is 48.0 Å². The Morgan fingerprint density at radius 1 is 1.02 bits per heavy atom. The lowest BCUT2D eigenvalue weighted by molar-refractivity contribution is -0.139. The highest BCUT2D eigenvalue weighted by Crippen LogP contribution is 2.37. The van der Waals surface area contributed by atoms with E-state index in [-0.39, 0.29) is 17.7 Å². The maximum atomic E-state index is 14.1. The Labute approximate surface area is 242 Å². The monoisotopic (exact) mass is 571 g/mol. The van der Waals surface area contributed by atoms with Crippen molar-refractivity contribution in [3.8, 4) is 17.2 Å². The molecule has 0 aliphatic carbocycles. The number of allylic oxidation sites excluding steroid dienone is 1. The first kappa shape index (κ1) is 28.2. The normalized spacial score (nSPS) is 15.0. The molecule has 2 aromatic carbocycles. The Bertz CT molecular complexity index is 1860. The highest BCUT2D eigenvalue weighted by atomic mass is 32.1. The number of benzene rings is 2. The number of aromatic nitrogens is 2. The first-order valence-corrected chi connectivity index (χ1v) is 14.2. The molecule has 5 rings (SSSR count). The van der Waals surface area contributed by atoms with E-state index in [4.69, 9.17) is 19.2 Å². The van der Waals surface area contributed by atoms with Crippen molar-refractivity contribution in [1.82, 2.24) is 9.13 Å². The minimum Gasteiger partial charge on any atom is -0.497 e. The minimum atomic E-state index is -0.808. The van der Waals surface area contributed by atoms with Gasteiger partial charge in [-0.2, -0.15) is 0 Å². The van der Waals surface area contributed by atoms with E-state index in [9.17, 15) is 9.59 Å². The van der Waals surface area contributed by atoms with E-state index in [2.05, 4.69) is 48.7 Å². The number of hydrogen-bond acceptors (Lipinski definition) is 7. The number of methoxy groups -OCH3 is 2. The van der Waals surface area contributed by atoms with Crippen LogP contribution in [0.5, 0.6) is 11.5 Å². The van der Waals surface area contributed by atoms with Gasteiger partial charge in [-0.05, 0) is 82.7 Å². The third-order valence-electron chi connectivity index (χ3n) is 7.30. The van der Waals surface area contributed by atoms with Gasteiger partial charge in [-0.1, -0.05) is 29.0 Å². The molecule has 1 aliphatic heterocycles. The van der Waals surface area contributed by atoms with Gasteiger partial charge in [-0.3, -0.25) is 9.36 Å². The lowest BCUT2D eigenvalue weighted by atomic mass is 9.94. The maximum absolute atomic E-state index is 14.1. The number of ether oxygens (including phenoxy) is 3. The largest absolute Gasteiger partial charge is 0.497 e. The zero-order valence-electron chi connectivity index (χ0n) is 24.3. The molecule has 0 fully saturated rings. The van der Waals surface area contributed by atoms with Gasteiger partial charge in [0, 0.05) is 22.6 Å². The maximum Gasteiger partial charge on any atom is 0.338 e. The Morgan fingerprint density at radius 3 is 2.41 bits per heavy atom. The molecule has 41 heavy (non-hydrogen) atoms. The molecule has 0 amide bonds. The minimum absolute atomic E-state index is 0.193. The second-order valence-corrected chi connectivity index (χ2v) is 10.9. The molecule has 8 nitrogen and oxygen atoms in total. The fourth-order valence-electron chi connectivity index (χ4n) is 5.30. The summed E-state index contributed by atoms with van der Waals surface area (Å²) >= 11 is 1.29. The van der Waals surface area contributed by atoms with Crippen LogP contribution in [0.3, 0.4) is 0 Å². The number of nitrogens with zero attached hydrogens (tertiary/aromatic N) is 3. The van der Waals surface area contributed by atoms with E-state index in [1.807, 2.05) is 13.0 Å². The molecular formula is C32H33N3O5S. The summed E-state index contributed by atoms with van der Waals surface area (Å²) in [5.74, 6) is 0.562. The van der Waals surface area contributed by atoms with E-state index in [0.717, 1.165) is 22.6 Å². The van der Waals surface area contributed by atoms with Crippen LogP contribution in [0, 0.1) is 20.8 Å². The first-order valence-electron chi connectivity index (χ1n) is 13.4. The van der Waals surface area contributed by atoms with E-state index in [1.54, 1.807) is 50.8 Å². The molecule has 212 valence electrons. The summed E-state index contributed by atoms with van der Waals surface area (Å²) in [6.07, 6.45) is 1.90. The topological polar surface area (TPSA) is 84.1 Å². The fourth-order valence-corrected chi connectivity index (χ4v) is 6.34. The lowest BCUT2D eigenvalue weighted by Crippen LogP contribution is -2.40. The Balaban J connectivity index is 1.73. The molecule has 1 unspecified atom stereocenters. The van der Waals surface area contributed by atoms with Gasteiger partial charge in [0.2, 0.25) is 0 Å². The molecule has 1 atom stereocenters. The van der Waals surface area contributed by atoms with Crippen molar-refractivity contribution >= 4 is 23.4 Å². The third-order valence-corrected chi connectivity index (χ3v) is 8.28. The number of fused-ring (bicyclic) bond motifs is 1. The van der Waals surface area contributed by atoms with Crippen molar-refractivity contribution in [2.75, 3.05) is 20.8 Å². The van der Waals surface area contributed by atoms with Crippen molar-refractivity contribution in [2.45, 2.75) is 40.7 Å². The van der Waals surface area contributed by atoms with Crippen molar-refractivity contribution in [3.63, 3.8) is 0 Å². The van der Waals surface area contributed by atoms with Crippen LogP contribution < -0.4 is 24.4 Å². The Hall–Kier alpha value is -4.37. The van der Waals surface area contributed by atoms with Crippen LogP contribution in [0.2, 0.25) is 0 Å². The van der Waals surface area contributed by atoms with Gasteiger partial charge in [0.15, 0.2) is 4.80 Å². The van der Waals surface area contributed by atoms with E-state index in [1.165, 1.54) is 16.9 Å². The molecule has 0 N–H and O–H groups in total. The Kier molecular flexibility index (Phi) is 7.73. The SMILES string of the molecule is CCOC(=O)C1=C(C)N=c2s/c(=C/c3cc(C)n(-c4ccc(C)cc4)c3C)c(=O)n2C1c1cc(OC)ccc1OC. The summed E-state index contributed by atoms with van der Waals surface area (Å²) in [5, 5.41) is 0. The third kappa shape index (κ3) is 5.02. The highest BCUT2D eigenvalue weighted by Gasteiger charge is 2.35. The second-order valence-electron chi connectivity index (χ2n) is 9.91. The van der Waals surface area contributed by atoms with Crippen LogP contribution in [0.15, 0.2) is 69.6 Å². The number of esters is 1. The molecule has 9 heteroatoms. The quantitative estimate of drug-likeness (QED) is 0.305. The van der Waals surface area contributed by atoms with Crippen molar-refractivity contribution in [2.24, 2.45) is 4.99 Å². The van der Waals surface area contributed by atoms with Crippen molar-refractivity contribution in [1.29, 1.82) is 0 Å². The fraction of sp³-hybridized carbons (Fsp3) is 0.281. The average molecular weight is 572 g/mol. The van der Waals surface area contributed by atoms with E-state index < -0.39 is 12.0 Å². The summed E-state index contributed by atoms with van der Waals surface area (Å²) in [4.78, 5) is 32.6. The molecule has 3 heterocycles. The van der Waals surface area contributed by atoms with Crippen molar-refractivity contribution < 1.29 is 19.0 Å². The molecule has 0 radical (unpaired) electrons. The molecule has 0 saturated heterocycles. The van der Waals surface area contributed by atoms with Crippen LogP contribution in [0.25, 0.3) is 11.8 Å². The molecule has 0 spiro atoms. The summed E-state index contributed by atoms with van der Waals surface area (Å²) in [5.41, 5.74) is 6.40.